The smallest absolute Gasteiger partial charge is 0.141 e. The third-order valence-electron chi connectivity index (χ3n) is 5.46. The van der Waals surface area contributed by atoms with Crippen LogP contribution in [0.15, 0.2) is 47.4 Å². The molecule has 1 unspecified atom stereocenters. The van der Waals surface area contributed by atoms with Gasteiger partial charge in [0.25, 0.3) is 0 Å². The number of fused-ring (bicyclic) bond motifs is 1. The number of hydrogen-bond acceptors (Lipinski definition) is 4. The predicted molar refractivity (Wildman–Crippen MR) is 117 cm³/mol. The molecule has 0 bridgehead atoms. The van der Waals surface area contributed by atoms with Crippen LogP contribution in [0.5, 0.6) is 0 Å². The molecule has 1 aliphatic rings. The monoisotopic (exact) mass is 395 g/mol. The van der Waals surface area contributed by atoms with E-state index in [1.807, 2.05) is 23.9 Å². The molecule has 1 atom stereocenters. The van der Waals surface area contributed by atoms with Crippen LogP contribution in [0.1, 0.15) is 42.8 Å². The summed E-state index contributed by atoms with van der Waals surface area (Å²) in [4.78, 5) is 12.1. The van der Waals surface area contributed by atoms with E-state index in [2.05, 4.69) is 61.1 Å². The van der Waals surface area contributed by atoms with Gasteiger partial charge >= 0.3 is 0 Å². The lowest BCUT2D eigenvalue weighted by Gasteiger charge is -2.31. The molecule has 2 aromatic carbocycles. The fraction of sp³-hybridized carbons (Fsp3) is 0.435. The highest BCUT2D eigenvalue weighted by molar-refractivity contribution is 7.99. The average molecular weight is 396 g/mol. The minimum atomic E-state index is -0.169. The Kier molecular flexibility index (Phi) is 6.04. The number of ether oxygens (including phenoxy) is 1. The van der Waals surface area contributed by atoms with Crippen LogP contribution in [-0.4, -0.2) is 46.9 Å². The molecule has 0 amide bonds. The Bertz CT molecular complexity index is 897. The summed E-state index contributed by atoms with van der Waals surface area (Å²) >= 11 is 1.89. The highest BCUT2D eigenvalue weighted by Crippen LogP contribution is 2.33. The standard InChI is InChI=1S/C23H29N3OS/c1-4-28-21-15-17(10-9-16(21)2)22(27-18-11-13-26(3)14-12-18)23-24-19-7-5-6-8-20(19)25-23/h5-10,15,18,22H,4,11-14H2,1-3H3,(H,24,25). The fourth-order valence-electron chi connectivity index (χ4n) is 3.80. The Balaban J connectivity index is 1.69. The number of aryl methyl sites for hydroxylation is 1. The first-order valence-corrected chi connectivity index (χ1v) is 11.1. The van der Waals surface area contributed by atoms with Gasteiger partial charge in [0.15, 0.2) is 0 Å². The van der Waals surface area contributed by atoms with Gasteiger partial charge in [-0.25, -0.2) is 4.98 Å². The molecular weight excluding hydrogens is 366 g/mol. The second-order valence-electron chi connectivity index (χ2n) is 7.62. The van der Waals surface area contributed by atoms with Crippen molar-refractivity contribution in [2.45, 2.75) is 43.8 Å². The van der Waals surface area contributed by atoms with Gasteiger partial charge in [0.05, 0.1) is 17.1 Å². The number of aromatic nitrogens is 2. The Morgan fingerprint density at radius 2 is 2.00 bits per heavy atom. The van der Waals surface area contributed by atoms with Gasteiger partial charge < -0.3 is 14.6 Å². The van der Waals surface area contributed by atoms with Crippen molar-refractivity contribution < 1.29 is 4.74 Å². The molecule has 0 saturated carbocycles. The Morgan fingerprint density at radius 1 is 1.21 bits per heavy atom. The van der Waals surface area contributed by atoms with E-state index in [4.69, 9.17) is 9.72 Å². The molecule has 0 radical (unpaired) electrons. The number of hydrogen-bond donors (Lipinski definition) is 1. The van der Waals surface area contributed by atoms with Crippen molar-refractivity contribution in [1.29, 1.82) is 0 Å². The molecule has 28 heavy (non-hydrogen) atoms. The maximum absolute atomic E-state index is 6.68. The molecule has 2 heterocycles. The summed E-state index contributed by atoms with van der Waals surface area (Å²) in [6.45, 7) is 6.54. The Labute approximate surface area is 171 Å². The predicted octanol–water partition coefficient (Wildman–Crippen LogP) is 5.18. The normalized spacial score (nSPS) is 17.2. The van der Waals surface area contributed by atoms with Crippen molar-refractivity contribution in [1.82, 2.24) is 14.9 Å². The lowest BCUT2D eigenvalue weighted by molar-refractivity contribution is -0.0265. The Hall–Kier alpha value is -1.82. The quantitative estimate of drug-likeness (QED) is 0.584. The molecule has 0 spiro atoms. The van der Waals surface area contributed by atoms with E-state index in [9.17, 15) is 0 Å². The summed E-state index contributed by atoms with van der Waals surface area (Å²) in [6, 6.07) is 14.9. The number of imidazole rings is 1. The van der Waals surface area contributed by atoms with Crippen LogP contribution in [0.3, 0.4) is 0 Å². The van der Waals surface area contributed by atoms with Crippen LogP contribution in [0.25, 0.3) is 11.0 Å². The Morgan fingerprint density at radius 3 is 2.75 bits per heavy atom. The molecule has 1 N–H and O–H groups in total. The minimum absolute atomic E-state index is 0.169. The number of H-pyrrole nitrogens is 1. The van der Waals surface area contributed by atoms with Crippen LogP contribution >= 0.6 is 11.8 Å². The molecule has 4 nitrogen and oxygen atoms in total. The second kappa shape index (κ2) is 8.68. The van der Waals surface area contributed by atoms with Crippen LogP contribution < -0.4 is 0 Å². The van der Waals surface area contributed by atoms with Gasteiger partial charge in [-0.1, -0.05) is 31.2 Å². The maximum Gasteiger partial charge on any atom is 0.141 e. The van der Waals surface area contributed by atoms with E-state index in [1.54, 1.807) is 0 Å². The number of likely N-dealkylation sites (tertiary alicyclic amines) is 1. The third-order valence-corrected chi connectivity index (χ3v) is 6.50. The van der Waals surface area contributed by atoms with Gasteiger partial charge in [0.1, 0.15) is 11.9 Å². The van der Waals surface area contributed by atoms with E-state index in [-0.39, 0.29) is 12.2 Å². The van der Waals surface area contributed by atoms with Gasteiger partial charge in [-0.15, -0.1) is 11.8 Å². The SMILES string of the molecule is CCSc1cc(C(OC2CCN(C)CC2)c2nc3ccccc3[nH]2)ccc1C. The van der Waals surface area contributed by atoms with E-state index in [0.29, 0.717) is 0 Å². The van der Waals surface area contributed by atoms with Crippen molar-refractivity contribution in [2.24, 2.45) is 0 Å². The zero-order valence-corrected chi connectivity index (χ0v) is 17.8. The third kappa shape index (κ3) is 4.27. The van der Waals surface area contributed by atoms with Crippen molar-refractivity contribution in [2.75, 3.05) is 25.9 Å². The number of para-hydroxylation sites is 2. The van der Waals surface area contributed by atoms with Gasteiger partial charge in [-0.2, -0.15) is 0 Å². The van der Waals surface area contributed by atoms with Crippen LogP contribution in [-0.2, 0) is 4.74 Å². The molecule has 3 aromatic rings. The number of nitrogens with zero attached hydrogens (tertiary/aromatic N) is 2. The molecule has 1 aromatic heterocycles. The number of benzene rings is 2. The topological polar surface area (TPSA) is 41.1 Å². The minimum Gasteiger partial charge on any atom is -0.362 e. The summed E-state index contributed by atoms with van der Waals surface area (Å²) < 4.78 is 6.68. The average Bonchev–Trinajstić information content (AvgIpc) is 3.13. The summed E-state index contributed by atoms with van der Waals surface area (Å²) in [5.74, 6) is 1.96. The summed E-state index contributed by atoms with van der Waals surface area (Å²) in [5.41, 5.74) is 4.55. The van der Waals surface area contributed by atoms with Gasteiger partial charge in [-0.3, -0.25) is 0 Å². The van der Waals surface area contributed by atoms with E-state index in [1.165, 1.54) is 16.0 Å². The van der Waals surface area contributed by atoms with Crippen LogP contribution in [0.4, 0.5) is 0 Å². The molecule has 1 fully saturated rings. The molecule has 1 aliphatic heterocycles. The number of piperidine rings is 1. The van der Waals surface area contributed by atoms with Gasteiger partial charge in [0.2, 0.25) is 0 Å². The molecule has 4 rings (SSSR count). The molecule has 0 aliphatic carbocycles. The zero-order valence-electron chi connectivity index (χ0n) is 16.9. The highest BCUT2D eigenvalue weighted by Gasteiger charge is 2.26. The van der Waals surface area contributed by atoms with Crippen molar-refractivity contribution in [3.05, 3.63) is 59.4 Å². The van der Waals surface area contributed by atoms with E-state index in [0.717, 1.165) is 48.5 Å². The number of nitrogens with one attached hydrogen (secondary N) is 1. The second-order valence-corrected chi connectivity index (χ2v) is 8.92. The van der Waals surface area contributed by atoms with Gasteiger partial charge in [0, 0.05) is 18.0 Å². The van der Waals surface area contributed by atoms with Crippen molar-refractivity contribution in [3.63, 3.8) is 0 Å². The van der Waals surface area contributed by atoms with E-state index >= 15 is 0 Å². The van der Waals surface area contributed by atoms with Crippen LogP contribution in [0.2, 0.25) is 0 Å². The van der Waals surface area contributed by atoms with Gasteiger partial charge in [-0.05, 0) is 61.9 Å². The highest BCUT2D eigenvalue weighted by atomic mass is 32.2. The first kappa shape index (κ1) is 19.5. The largest absolute Gasteiger partial charge is 0.362 e. The molecular formula is C23H29N3OS. The summed E-state index contributed by atoms with van der Waals surface area (Å²) in [7, 11) is 2.18. The molecule has 5 heteroatoms. The molecule has 148 valence electrons. The van der Waals surface area contributed by atoms with Crippen molar-refractivity contribution >= 4 is 22.8 Å². The van der Waals surface area contributed by atoms with Crippen LogP contribution in [0, 0.1) is 6.92 Å². The number of aromatic amines is 1. The molecule has 1 saturated heterocycles. The van der Waals surface area contributed by atoms with Crippen molar-refractivity contribution in [3.8, 4) is 0 Å². The first-order valence-electron chi connectivity index (χ1n) is 10.2. The maximum atomic E-state index is 6.68. The fourth-order valence-corrected chi connectivity index (χ4v) is 4.63. The summed E-state index contributed by atoms with van der Waals surface area (Å²) in [6.07, 6.45) is 2.22. The zero-order chi connectivity index (χ0) is 19.5. The van der Waals surface area contributed by atoms with E-state index < -0.39 is 0 Å². The lowest BCUT2D eigenvalue weighted by atomic mass is 10.0. The number of rotatable bonds is 6. The first-order chi connectivity index (χ1) is 13.6. The lowest BCUT2D eigenvalue weighted by Crippen LogP contribution is -2.35. The summed E-state index contributed by atoms with van der Waals surface area (Å²) in [5, 5.41) is 0. The number of thioether (sulfide) groups is 1.